The molecule has 0 saturated carbocycles. The van der Waals surface area contributed by atoms with Crippen LogP contribution in [0.25, 0.3) is 11.1 Å². The number of carbonyl (C=O) groups excluding carboxylic acids is 3. The lowest BCUT2D eigenvalue weighted by atomic mass is 10.2. The van der Waals surface area contributed by atoms with Crippen LogP contribution in [0.3, 0.4) is 0 Å². The summed E-state index contributed by atoms with van der Waals surface area (Å²) >= 11 is 3.22. The van der Waals surface area contributed by atoms with E-state index in [9.17, 15) is 14.4 Å². The summed E-state index contributed by atoms with van der Waals surface area (Å²) in [5.74, 6) is -0.846. The molecule has 3 rings (SSSR count). The van der Waals surface area contributed by atoms with E-state index in [-0.39, 0.29) is 37.1 Å². The molecular formula is C15H14N2O3S2. The molecule has 3 amide bonds. The molecule has 1 fully saturated rings. The van der Waals surface area contributed by atoms with Crippen LogP contribution >= 0.6 is 22.7 Å². The first-order valence-corrected chi connectivity index (χ1v) is 8.65. The van der Waals surface area contributed by atoms with E-state index < -0.39 is 0 Å². The highest BCUT2D eigenvalue weighted by molar-refractivity contribution is 7.10. The van der Waals surface area contributed by atoms with Crippen LogP contribution in [0.15, 0.2) is 28.3 Å². The van der Waals surface area contributed by atoms with Gasteiger partial charge in [-0.3, -0.25) is 19.3 Å². The Morgan fingerprint density at radius 3 is 2.64 bits per heavy atom. The van der Waals surface area contributed by atoms with Gasteiger partial charge in [-0.1, -0.05) is 0 Å². The van der Waals surface area contributed by atoms with Crippen LogP contribution in [0.2, 0.25) is 0 Å². The molecule has 0 radical (unpaired) electrons. The van der Waals surface area contributed by atoms with E-state index >= 15 is 0 Å². The van der Waals surface area contributed by atoms with E-state index in [1.165, 1.54) is 5.56 Å². The van der Waals surface area contributed by atoms with Crippen molar-refractivity contribution in [2.24, 2.45) is 0 Å². The topological polar surface area (TPSA) is 66.5 Å². The van der Waals surface area contributed by atoms with Crippen molar-refractivity contribution in [1.29, 1.82) is 0 Å². The molecule has 3 heterocycles. The Morgan fingerprint density at radius 2 is 1.95 bits per heavy atom. The van der Waals surface area contributed by atoms with Gasteiger partial charge < -0.3 is 5.32 Å². The number of rotatable bonds is 5. The minimum absolute atomic E-state index is 0.180. The smallest absolute Gasteiger partial charge is 0.240 e. The minimum Gasteiger partial charge on any atom is -0.350 e. The van der Waals surface area contributed by atoms with Gasteiger partial charge in [-0.15, -0.1) is 11.3 Å². The van der Waals surface area contributed by atoms with Crippen molar-refractivity contribution in [1.82, 2.24) is 10.2 Å². The van der Waals surface area contributed by atoms with Gasteiger partial charge in [0.25, 0.3) is 0 Å². The van der Waals surface area contributed by atoms with Gasteiger partial charge in [0, 0.05) is 17.7 Å². The number of likely N-dealkylation sites (tertiary alicyclic amines) is 1. The first kappa shape index (κ1) is 14.9. The lowest BCUT2D eigenvalue weighted by molar-refractivity contribution is -0.142. The van der Waals surface area contributed by atoms with E-state index in [1.54, 1.807) is 22.7 Å². The standard InChI is InChI=1S/C15H14N2O3S2/c18-13(7-17-14(19)1-2-15(17)20)16-6-12-5-11(9-22-12)10-3-4-21-8-10/h3-5,8-9H,1-2,6-7H2,(H,16,18). The quantitative estimate of drug-likeness (QED) is 0.853. The Labute approximate surface area is 135 Å². The zero-order valence-corrected chi connectivity index (χ0v) is 13.3. The zero-order valence-electron chi connectivity index (χ0n) is 11.7. The minimum atomic E-state index is -0.311. The van der Waals surface area contributed by atoms with Crippen molar-refractivity contribution in [2.75, 3.05) is 6.54 Å². The largest absolute Gasteiger partial charge is 0.350 e. The maximum absolute atomic E-state index is 11.8. The lowest BCUT2D eigenvalue weighted by Gasteiger charge is -2.12. The fraction of sp³-hybridized carbons (Fsp3) is 0.267. The Kier molecular flexibility index (Phi) is 4.35. The summed E-state index contributed by atoms with van der Waals surface area (Å²) in [4.78, 5) is 36.8. The highest BCUT2D eigenvalue weighted by Crippen LogP contribution is 2.27. The molecule has 1 N–H and O–H groups in total. The van der Waals surface area contributed by atoms with Gasteiger partial charge in [-0.25, -0.2) is 0 Å². The van der Waals surface area contributed by atoms with E-state index in [2.05, 4.69) is 22.1 Å². The summed E-state index contributed by atoms with van der Waals surface area (Å²) in [6.45, 7) is 0.226. The summed E-state index contributed by atoms with van der Waals surface area (Å²) in [5, 5.41) is 8.91. The molecule has 0 spiro atoms. The predicted molar refractivity (Wildman–Crippen MR) is 85.4 cm³/mol. The molecule has 22 heavy (non-hydrogen) atoms. The number of imide groups is 1. The summed E-state index contributed by atoms with van der Waals surface area (Å²) in [6.07, 6.45) is 0.419. The summed E-state index contributed by atoms with van der Waals surface area (Å²) in [5.41, 5.74) is 2.31. The molecule has 114 valence electrons. The van der Waals surface area contributed by atoms with Gasteiger partial charge in [-0.05, 0) is 39.4 Å². The number of amides is 3. The highest BCUT2D eigenvalue weighted by atomic mass is 32.1. The molecular weight excluding hydrogens is 320 g/mol. The van der Waals surface area contributed by atoms with Crippen molar-refractivity contribution in [3.63, 3.8) is 0 Å². The lowest BCUT2D eigenvalue weighted by Crippen LogP contribution is -2.39. The van der Waals surface area contributed by atoms with Crippen LogP contribution in [-0.4, -0.2) is 29.2 Å². The number of hydrogen-bond donors (Lipinski definition) is 1. The average molecular weight is 334 g/mol. The van der Waals surface area contributed by atoms with E-state index in [0.29, 0.717) is 6.54 Å². The SMILES string of the molecule is O=C(CN1C(=O)CCC1=O)NCc1cc(-c2ccsc2)cs1. The van der Waals surface area contributed by atoms with Gasteiger partial charge in [0.1, 0.15) is 6.54 Å². The van der Waals surface area contributed by atoms with Crippen LogP contribution in [0.5, 0.6) is 0 Å². The molecule has 0 aromatic carbocycles. The van der Waals surface area contributed by atoms with Crippen LogP contribution in [0, 0.1) is 0 Å². The van der Waals surface area contributed by atoms with Crippen LogP contribution < -0.4 is 5.32 Å². The average Bonchev–Trinajstić information content (AvgIpc) is 3.22. The predicted octanol–water partition coefficient (Wildman–Crippen LogP) is 2.24. The molecule has 1 aliphatic rings. The molecule has 1 aliphatic heterocycles. The second-order valence-corrected chi connectivity index (χ2v) is 6.74. The molecule has 5 nitrogen and oxygen atoms in total. The molecule has 0 bridgehead atoms. The van der Waals surface area contributed by atoms with Gasteiger partial charge in [0.05, 0.1) is 6.54 Å². The van der Waals surface area contributed by atoms with Gasteiger partial charge in [0.15, 0.2) is 0 Å². The Morgan fingerprint density at radius 1 is 1.18 bits per heavy atom. The first-order chi connectivity index (χ1) is 10.6. The second kappa shape index (κ2) is 6.41. The van der Waals surface area contributed by atoms with Gasteiger partial charge in [0.2, 0.25) is 17.7 Å². The third kappa shape index (κ3) is 3.26. The van der Waals surface area contributed by atoms with Gasteiger partial charge >= 0.3 is 0 Å². The maximum Gasteiger partial charge on any atom is 0.240 e. The summed E-state index contributed by atoms with van der Waals surface area (Å²) in [6, 6.07) is 4.10. The number of thiophene rings is 2. The normalized spacial score (nSPS) is 14.6. The van der Waals surface area contributed by atoms with E-state index in [0.717, 1.165) is 15.3 Å². The number of carbonyl (C=O) groups is 3. The Bertz CT molecular complexity index is 690. The van der Waals surface area contributed by atoms with Crippen molar-refractivity contribution in [3.8, 4) is 11.1 Å². The number of nitrogens with one attached hydrogen (secondary N) is 1. The monoisotopic (exact) mass is 334 g/mol. The first-order valence-electron chi connectivity index (χ1n) is 6.83. The van der Waals surface area contributed by atoms with E-state index in [1.807, 2.05) is 11.4 Å². The maximum atomic E-state index is 11.8. The third-order valence-corrected chi connectivity index (χ3v) is 5.04. The summed E-state index contributed by atoms with van der Waals surface area (Å²) < 4.78 is 0. The third-order valence-electron chi connectivity index (χ3n) is 3.42. The van der Waals surface area contributed by atoms with Crippen LogP contribution in [0.4, 0.5) is 0 Å². The van der Waals surface area contributed by atoms with Crippen molar-refractivity contribution < 1.29 is 14.4 Å². The molecule has 0 unspecified atom stereocenters. The van der Waals surface area contributed by atoms with Gasteiger partial charge in [-0.2, -0.15) is 11.3 Å². The van der Waals surface area contributed by atoms with Crippen LogP contribution in [0.1, 0.15) is 17.7 Å². The molecule has 2 aromatic heterocycles. The van der Waals surface area contributed by atoms with Crippen LogP contribution in [-0.2, 0) is 20.9 Å². The molecule has 7 heteroatoms. The number of hydrogen-bond acceptors (Lipinski definition) is 5. The highest BCUT2D eigenvalue weighted by Gasteiger charge is 2.30. The summed E-state index contributed by atoms with van der Waals surface area (Å²) in [7, 11) is 0. The molecule has 0 aliphatic carbocycles. The Hall–Kier alpha value is -1.99. The van der Waals surface area contributed by atoms with E-state index in [4.69, 9.17) is 0 Å². The van der Waals surface area contributed by atoms with Crippen molar-refractivity contribution in [2.45, 2.75) is 19.4 Å². The fourth-order valence-electron chi connectivity index (χ4n) is 2.24. The molecule has 0 atom stereocenters. The van der Waals surface area contributed by atoms with Crippen molar-refractivity contribution in [3.05, 3.63) is 33.2 Å². The Balaban J connectivity index is 1.53. The fourth-order valence-corrected chi connectivity index (χ4v) is 3.74. The molecule has 2 aromatic rings. The molecule has 1 saturated heterocycles. The number of nitrogens with zero attached hydrogens (tertiary/aromatic N) is 1. The zero-order chi connectivity index (χ0) is 15.5. The second-order valence-electron chi connectivity index (χ2n) is 4.96. The van der Waals surface area contributed by atoms with Crippen molar-refractivity contribution >= 4 is 40.4 Å².